The zero-order valence-corrected chi connectivity index (χ0v) is 21.4. The average molecular weight is 461 g/mol. The lowest BCUT2D eigenvalue weighted by Crippen LogP contribution is -2.41. The summed E-state index contributed by atoms with van der Waals surface area (Å²) in [6.07, 6.45) is 0. The molecule has 4 heteroatoms. The number of benzene rings is 4. The zero-order chi connectivity index (χ0) is 24.6. The molecule has 1 fully saturated rings. The van der Waals surface area contributed by atoms with E-state index in [4.69, 9.17) is 9.31 Å². The number of hydrogen-bond donors (Lipinski definition) is 0. The second-order valence-electron chi connectivity index (χ2n) is 11.4. The largest absolute Gasteiger partial charge is 0.494 e. The molecule has 176 valence electrons. The van der Waals surface area contributed by atoms with Crippen LogP contribution in [-0.4, -0.2) is 18.3 Å². The fourth-order valence-corrected chi connectivity index (χ4v) is 5.44. The summed E-state index contributed by atoms with van der Waals surface area (Å²) in [5.74, 6) is 0. The number of anilines is 3. The van der Waals surface area contributed by atoms with Crippen molar-refractivity contribution >= 4 is 40.4 Å². The summed E-state index contributed by atoms with van der Waals surface area (Å²) in [5, 5.41) is 2.49. The molecule has 35 heavy (non-hydrogen) atoms. The predicted molar refractivity (Wildman–Crippen MR) is 146 cm³/mol. The molecule has 1 saturated heterocycles. The van der Waals surface area contributed by atoms with Crippen molar-refractivity contribution in [3.8, 4) is 0 Å². The van der Waals surface area contributed by atoms with Crippen LogP contribution in [-0.2, 0) is 14.7 Å². The first-order valence-electron chi connectivity index (χ1n) is 12.5. The monoisotopic (exact) mass is 461 g/mol. The molecule has 0 N–H and O–H groups in total. The molecule has 0 aliphatic carbocycles. The van der Waals surface area contributed by atoms with Crippen molar-refractivity contribution in [1.82, 2.24) is 0 Å². The highest BCUT2D eigenvalue weighted by Gasteiger charge is 2.52. The molecule has 0 unspecified atom stereocenters. The van der Waals surface area contributed by atoms with Crippen LogP contribution < -0.4 is 10.4 Å². The Hall–Kier alpha value is -3.08. The first-order valence-corrected chi connectivity index (χ1v) is 12.5. The van der Waals surface area contributed by atoms with Crippen molar-refractivity contribution in [2.24, 2.45) is 0 Å². The molecule has 0 atom stereocenters. The quantitative estimate of drug-likeness (QED) is 0.294. The molecule has 0 spiro atoms. The van der Waals surface area contributed by atoms with Crippen LogP contribution >= 0.6 is 0 Å². The van der Waals surface area contributed by atoms with Crippen LogP contribution in [0.5, 0.6) is 0 Å². The molecule has 4 aromatic rings. The van der Waals surface area contributed by atoms with Gasteiger partial charge in [0.1, 0.15) is 0 Å². The molecule has 0 radical (unpaired) electrons. The Labute approximate surface area is 208 Å². The molecule has 0 saturated carbocycles. The molecular formula is C31H32BNO2. The molecule has 0 aromatic heterocycles. The minimum absolute atomic E-state index is 0.168. The SMILES string of the molecule is CC1(C)c2ccccc2N(c2ccc3ccccc3c2)c2ccc(B3OC(C)(C)C(C)(C)O3)cc21. The van der Waals surface area contributed by atoms with Gasteiger partial charge < -0.3 is 14.2 Å². The highest BCUT2D eigenvalue weighted by molar-refractivity contribution is 6.62. The van der Waals surface area contributed by atoms with E-state index in [0.29, 0.717) is 0 Å². The second-order valence-corrected chi connectivity index (χ2v) is 11.4. The summed E-state index contributed by atoms with van der Waals surface area (Å²) in [7, 11) is -0.382. The van der Waals surface area contributed by atoms with Crippen molar-refractivity contribution in [3.05, 3.63) is 96.1 Å². The van der Waals surface area contributed by atoms with Crippen molar-refractivity contribution in [2.45, 2.75) is 58.2 Å². The summed E-state index contributed by atoms with van der Waals surface area (Å²) >= 11 is 0. The number of nitrogens with zero attached hydrogens (tertiary/aromatic N) is 1. The number of para-hydroxylation sites is 1. The number of fused-ring (bicyclic) bond motifs is 3. The minimum atomic E-state index is -0.382. The van der Waals surface area contributed by atoms with Crippen LogP contribution in [0.4, 0.5) is 17.1 Å². The third-order valence-electron chi connectivity index (χ3n) is 8.27. The first-order chi connectivity index (χ1) is 16.6. The Morgan fingerprint density at radius 2 is 1.23 bits per heavy atom. The van der Waals surface area contributed by atoms with Crippen LogP contribution in [0.1, 0.15) is 52.7 Å². The third kappa shape index (κ3) is 3.35. The van der Waals surface area contributed by atoms with Gasteiger partial charge in [0.25, 0.3) is 0 Å². The molecule has 0 amide bonds. The Morgan fingerprint density at radius 3 is 1.97 bits per heavy atom. The minimum Gasteiger partial charge on any atom is -0.399 e. The molecule has 3 nitrogen and oxygen atoms in total. The zero-order valence-electron chi connectivity index (χ0n) is 21.4. The lowest BCUT2D eigenvalue weighted by Gasteiger charge is -2.42. The molecule has 6 rings (SSSR count). The fourth-order valence-electron chi connectivity index (χ4n) is 5.44. The maximum atomic E-state index is 6.40. The third-order valence-corrected chi connectivity index (χ3v) is 8.27. The van der Waals surface area contributed by atoms with Gasteiger partial charge in [0, 0.05) is 11.1 Å². The van der Waals surface area contributed by atoms with Gasteiger partial charge in [-0.05, 0) is 79.3 Å². The van der Waals surface area contributed by atoms with Gasteiger partial charge in [-0.1, -0.05) is 74.5 Å². The van der Waals surface area contributed by atoms with E-state index in [1.165, 1.54) is 33.3 Å². The van der Waals surface area contributed by atoms with E-state index in [9.17, 15) is 0 Å². The van der Waals surface area contributed by atoms with Crippen molar-refractivity contribution in [2.75, 3.05) is 4.90 Å². The number of rotatable bonds is 2. The van der Waals surface area contributed by atoms with Crippen LogP contribution in [0.2, 0.25) is 0 Å². The van der Waals surface area contributed by atoms with Crippen LogP contribution in [0.25, 0.3) is 10.8 Å². The highest BCUT2D eigenvalue weighted by Crippen LogP contribution is 2.51. The normalized spacial score (nSPS) is 19.5. The Kier molecular flexibility index (Phi) is 4.77. The van der Waals surface area contributed by atoms with Gasteiger partial charge in [0.2, 0.25) is 0 Å². The van der Waals surface area contributed by atoms with Gasteiger partial charge >= 0.3 is 7.12 Å². The van der Waals surface area contributed by atoms with E-state index in [1.54, 1.807) is 0 Å². The maximum absolute atomic E-state index is 6.40. The molecule has 2 aliphatic rings. The standard InChI is InChI=1S/C31H32BNO2/c1-29(2)25-13-9-10-14-27(25)33(24-17-15-21-11-7-8-12-22(21)19-24)28-18-16-23(20-26(28)29)32-34-30(3,4)31(5,6)35-32/h7-20H,1-6H3. The van der Waals surface area contributed by atoms with E-state index >= 15 is 0 Å². The average Bonchev–Trinajstić information content (AvgIpc) is 3.06. The summed E-state index contributed by atoms with van der Waals surface area (Å²) in [5.41, 5.74) is 6.33. The van der Waals surface area contributed by atoms with Gasteiger partial charge in [0.05, 0.1) is 22.6 Å². The Bertz CT molecular complexity index is 1440. The van der Waals surface area contributed by atoms with Crippen molar-refractivity contribution < 1.29 is 9.31 Å². The molecule has 2 heterocycles. The van der Waals surface area contributed by atoms with Gasteiger partial charge in [-0.3, -0.25) is 0 Å². The maximum Gasteiger partial charge on any atom is 0.494 e. The lowest BCUT2D eigenvalue weighted by atomic mass is 9.69. The van der Waals surface area contributed by atoms with Crippen molar-refractivity contribution in [3.63, 3.8) is 0 Å². The van der Waals surface area contributed by atoms with Crippen LogP contribution in [0.15, 0.2) is 84.9 Å². The Morgan fingerprint density at radius 1 is 0.600 bits per heavy atom. The topological polar surface area (TPSA) is 21.7 Å². The van der Waals surface area contributed by atoms with E-state index < -0.39 is 0 Å². The van der Waals surface area contributed by atoms with Crippen LogP contribution in [0, 0.1) is 0 Å². The van der Waals surface area contributed by atoms with E-state index in [-0.39, 0.29) is 23.7 Å². The summed E-state index contributed by atoms with van der Waals surface area (Å²) < 4.78 is 12.8. The predicted octanol–water partition coefficient (Wildman–Crippen LogP) is 7.25. The highest BCUT2D eigenvalue weighted by atomic mass is 16.7. The summed E-state index contributed by atoms with van der Waals surface area (Å²) in [6, 6.07) is 30.7. The van der Waals surface area contributed by atoms with Crippen molar-refractivity contribution in [1.29, 1.82) is 0 Å². The van der Waals surface area contributed by atoms with Crippen LogP contribution in [0.3, 0.4) is 0 Å². The Balaban J connectivity index is 1.53. The lowest BCUT2D eigenvalue weighted by molar-refractivity contribution is 0.00578. The van der Waals surface area contributed by atoms with Gasteiger partial charge in [-0.15, -0.1) is 0 Å². The molecular weight excluding hydrogens is 429 g/mol. The van der Waals surface area contributed by atoms with Gasteiger partial charge in [-0.2, -0.15) is 0 Å². The molecule has 0 bridgehead atoms. The molecule has 4 aromatic carbocycles. The van der Waals surface area contributed by atoms with Gasteiger partial charge in [-0.25, -0.2) is 0 Å². The summed E-state index contributed by atoms with van der Waals surface area (Å²) in [4.78, 5) is 2.40. The smallest absolute Gasteiger partial charge is 0.399 e. The number of hydrogen-bond acceptors (Lipinski definition) is 3. The second kappa shape index (κ2) is 7.46. The summed E-state index contributed by atoms with van der Waals surface area (Å²) in [6.45, 7) is 13.0. The van der Waals surface area contributed by atoms with Gasteiger partial charge in [0.15, 0.2) is 0 Å². The first kappa shape index (κ1) is 22.4. The van der Waals surface area contributed by atoms with E-state index in [1.807, 2.05) is 0 Å². The van der Waals surface area contributed by atoms with E-state index in [2.05, 4.69) is 131 Å². The fraction of sp³-hybridized carbons (Fsp3) is 0.290. The molecule has 2 aliphatic heterocycles. The van der Waals surface area contributed by atoms with E-state index in [0.717, 1.165) is 11.2 Å².